The Balaban J connectivity index is 1.63. The number of benzene rings is 2. The number of carbonyl (C=O) groups is 1. The number of esters is 1. The van der Waals surface area contributed by atoms with Crippen LogP contribution in [0, 0.1) is 0 Å². The molecular formula is C18H16Cl2O4. The lowest BCUT2D eigenvalue weighted by Gasteiger charge is -2.18. The lowest BCUT2D eigenvalue weighted by Crippen LogP contribution is -2.25. The van der Waals surface area contributed by atoms with E-state index in [1.807, 2.05) is 26.0 Å². The molecule has 0 bridgehead atoms. The Labute approximate surface area is 150 Å². The molecule has 4 nitrogen and oxygen atoms in total. The van der Waals surface area contributed by atoms with Gasteiger partial charge in [-0.2, -0.15) is 0 Å². The van der Waals surface area contributed by atoms with E-state index >= 15 is 0 Å². The third kappa shape index (κ3) is 3.77. The summed E-state index contributed by atoms with van der Waals surface area (Å²) in [6, 6.07) is 10.2. The van der Waals surface area contributed by atoms with Crippen LogP contribution in [0.2, 0.25) is 10.0 Å². The molecule has 0 N–H and O–H groups in total. The van der Waals surface area contributed by atoms with E-state index in [9.17, 15) is 4.79 Å². The van der Waals surface area contributed by atoms with Gasteiger partial charge in [0.15, 0.2) is 18.1 Å². The first-order valence-electron chi connectivity index (χ1n) is 7.43. The van der Waals surface area contributed by atoms with Crippen molar-refractivity contribution in [1.82, 2.24) is 0 Å². The molecule has 126 valence electrons. The van der Waals surface area contributed by atoms with Crippen LogP contribution in [0.5, 0.6) is 17.2 Å². The predicted octanol–water partition coefficient (Wildman–Crippen LogP) is 4.69. The normalized spacial score (nSPS) is 14.7. The first-order valence-corrected chi connectivity index (χ1v) is 8.19. The summed E-state index contributed by atoms with van der Waals surface area (Å²) in [4.78, 5) is 11.9. The number of rotatable bonds is 4. The number of carbonyl (C=O) groups excluding carboxylic acids is 1. The van der Waals surface area contributed by atoms with Gasteiger partial charge in [0.05, 0.1) is 10.0 Å². The third-order valence-corrected chi connectivity index (χ3v) is 4.26. The van der Waals surface area contributed by atoms with E-state index in [1.165, 1.54) is 6.07 Å². The van der Waals surface area contributed by atoms with E-state index < -0.39 is 5.97 Å². The number of ether oxygens (including phenoxy) is 3. The van der Waals surface area contributed by atoms with Crippen LogP contribution in [0.3, 0.4) is 0 Å². The number of hydrogen-bond donors (Lipinski definition) is 0. The molecule has 0 saturated carbocycles. The first-order chi connectivity index (χ1) is 11.3. The second kappa shape index (κ2) is 6.54. The zero-order valence-corrected chi connectivity index (χ0v) is 14.8. The van der Waals surface area contributed by atoms with Gasteiger partial charge < -0.3 is 14.2 Å². The molecule has 0 aliphatic carbocycles. The van der Waals surface area contributed by atoms with Crippen LogP contribution in [-0.2, 0) is 11.2 Å². The largest absolute Gasteiger partial charge is 0.483 e. The Morgan fingerprint density at radius 2 is 2.00 bits per heavy atom. The van der Waals surface area contributed by atoms with Crippen molar-refractivity contribution >= 4 is 29.2 Å². The number of halogens is 2. The molecular weight excluding hydrogens is 351 g/mol. The van der Waals surface area contributed by atoms with Crippen molar-refractivity contribution in [1.29, 1.82) is 0 Å². The Morgan fingerprint density at radius 1 is 1.21 bits per heavy atom. The Morgan fingerprint density at radius 3 is 2.75 bits per heavy atom. The maximum atomic E-state index is 11.9. The summed E-state index contributed by atoms with van der Waals surface area (Å²) in [6.07, 6.45) is 0.799. The van der Waals surface area contributed by atoms with Gasteiger partial charge >= 0.3 is 5.97 Å². The van der Waals surface area contributed by atoms with Gasteiger partial charge in [-0.1, -0.05) is 35.3 Å². The van der Waals surface area contributed by atoms with Crippen molar-refractivity contribution in [3.8, 4) is 17.2 Å². The van der Waals surface area contributed by atoms with Crippen molar-refractivity contribution in [2.24, 2.45) is 0 Å². The summed E-state index contributed by atoms with van der Waals surface area (Å²) in [6.45, 7) is 3.78. The lowest BCUT2D eigenvalue weighted by molar-refractivity contribution is -0.136. The highest BCUT2D eigenvalue weighted by Gasteiger charge is 2.32. The molecule has 24 heavy (non-hydrogen) atoms. The summed E-state index contributed by atoms with van der Waals surface area (Å²) in [7, 11) is 0. The minimum absolute atomic E-state index is 0.236. The zero-order valence-electron chi connectivity index (χ0n) is 13.3. The lowest BCUT2D eigenvalue weighted by atomic mass is 10.0. The zero-order chi connectivity index (χ0) is 17.3. The fourth-order valence-electron chi connectivity index (χ4n) is 2.54. The van der Waals surface area contributed by atoms with Crippen LogP contribution in [0.1, 0.15) is 19.4 Å². The van der Waals surface area contributed by atoms with E-state index in [4.69, 9.17) is 37.4 Å². The third-order valence-electron chi connectivity index (χ3n) is 3.52. The van der Waals surface area contributed by atoms with Gasteiger partial charge in [0, 0.05) is 18.1 Å². The Hall–Kier alpha value is -1.91. The maximum absolute atomic E-state index is 11.9. The predicted molar refractivity (Wildman–Crippen MR) is 92.4 cm³/mol. The summed E-state index contributed by atoms with van der Waals surface area (Å²) in [5.41, 5.74) is 0.790. The molecule has 2 aromatic carbocycles. The molecule has 0 unspecified atom stereocenters. The van der Waals surface area contributed by atoms with Crippen LogP contribution in [0.4, 0.5) is 0 Å². The van der Waals surface area contributed by atoms with Crippen molar-refractivity contribution in [2.75, 3.05) is 6.61 Å². The standard InChI is InChI=1S/C18H16Cl2O4/c1-18(2)9-11-4-3-5-15(17(11)24-18)22-10-16(21)23-12-6-7-13(19)14(20)8-12/h3-8H,9-10H2,1-2H3. The minimum Gasteiger partial charge on any atom is -0.483 e. The van der Waals surface area contributed by atoms with E-state index in [1.54, 1.807) is 18.2 Å². The number of para-hydroxylation sites is 1. The SMILES string of the molecule is CC1(C)Cc2cccc(OCC(=O)Oc3ccc(Cl)c(Cl)c3)c2O1. The molecule has 0 fully saturated rings. The Kier molecular flexibility index (Phi) is 4.61. The van der Waals surface area contributed by atoms with Gasteiger partial charge in [-0.3, -0.25) is 0 Å². The molecule has 3 rings (SSSR count). The molecule has 0 atom stereocenters. The minimum atomic E-state index is -0.539. The highest BCUT2D eigenvalue weighted by Crippen LogP contribution is 2.41. The first kappa shape index (κ1) is 16.9. The molecule has 0 radical (unpaired) electrons. The van der Waals surface area contributed by atoms with E-state index in [-0.39, 0.29) is 12.2 Å². The highest BCUT2D eigenvalue weighted by atomic mass is 35.5. The van der Waals surface area contributed by atoms with Gasteiger partial charge in [0.25, 0.3) is 0 Å². The average molecular weight is 367 g/mol. The van der Waals surface area contributed by atoms with E-state index in [2.05, 4.69) is 0 Å². The van der Waals surface area contributed by atoms with Gasteiger partial charge in [-0.15, -0.1) is 0 Å². The van der Waals surface area contributed by atoms with E-state index in [0.29, 0.717) is 27.3 Å². The average Bonchev–Trinajstić information content (AvgIpc) is 2.83. The van der Waals surface area contributed by atoms with Crippen molar-refractivity contribution in [2.45, 2.75) is 25.9 Å². The number of fused-ring (bicyclic) bond motifs is 1. The smallest absolute Gasteiger partial charge is 0.349 e. The quantitative estimate of drug-likeness (QED) is 0.581. The van der Waals surface area contributed by atoms with Crippen LogP contribution in [0.25, 0.3) is 0 Å². The van der Waals surface area contributed by atoms with Crippen molar-refractivity contribution < 1.29 is 19.0 Å². The highest BCUT2D eigenvalue weighted by molar-refractivity contribution is 6.42. The summed E-state index contributed by atoms with van der Waals surface area (Å²) in [5.74, 6) is 0.992. The summed E-state index contributed by atoms with van der Waals surface area (Å²) >= 11 is 11.7. The molecule has 0 amide bonds. The fourth-order valence-corrected chi connectivity index (χ4v) is 2.83. The maximum Gasteiger partial charge on any atom is 0.349 e. The van der Waals surface area contributed by atoms with Crippen LogP contribution in [-0.4, -0.2) is 18.2 Å². The molecule has 6 heteroatoms. The molecule has 1 aliphatic rings. The molecule has 1 heterocycles. The van der Waals surface area contributed by atoms with Crippen LogP contribution >= 0.6 is 23.2 Å². The second-order valence-electron chi connectivity index (χ2n) is 6.12. The topological polar surface area (TPSA) is 44.8 Å². The summed E-state index contributed by atoms with van der Waals surface area (Å²) in [5, 5.41) is 0.715. The van der Waals surface area contributed by atoms with Crippen molar-refractivity contribution in [3.63, 3.8) is 0 Å². The molecule has 1 aliphatic heterocycles. The van der Waals surface area contributed by atoms with Crippen LogP contribution < -0.4 is 14.2 Å². The summed E-state index contributed by atoms with van der Waals surface area (Å²) < 4.78 is 16.7. The number of hydrogen-bond acceptors (Lipinski definition) is 4. The van der Waals surface area contributed by atoms with Gasteiger partial charge in [-0.25, -0.2) is 4.79 Å². The monoisotopic (exact) mass is 366 g/mol. The van der Waals surface area contributed by atoms with Gasteiger partial charge in [0.1, 0.15) is 11.4 Å². The fraction of sp³-hybridized carbons (Fsp3) is 0.278. The molecule has 2 aromatic rings. The van der Waals surface area contributed by atoms with Crippen molar-refractivity contribution in [3.05, 3.63) is 52.0 Å². The Bertz CT molecular complexity index is 787. The van der Waals surface area contributed by atoms with Crippen LogP contribution in [0.15, 0.2) is 36.4 Å². The molecule has 0 saturated heterocycles. The second-order valence-corrected chi connectivity index (χ2v) is 6.94. The van der Waals surface area contributed by atoms with E-state index in [0.717, 1.165) is 12.0 Å². The van der Waals surface area contributed by atoms with Gasteiger partial charge in [-0.05, 0) is 32.0 Å². The van der Waals surface area contributed by atoms with Gasteiger partial charge in [0.2, 0.25) is 0 Å². The molecule has 0 spiro atoms. The molecule has 0 aromatic heterocycles.